The summed E-state index contributed by atoms with van der Waals surface area (Å²) >= 11 is 1.41. The predicted octanol–water partition coefficient (Wildman–Crippen LogP) is 2.45. The minimum absolute atomic E-state index is 0.0318. The van der Waals surface area contributed by atoms with E-state index in [0.717, 1.165) is 17.7 Å². The number of nitrogens with one attached hydrogen (secondary N) is 1. The van der Waals surface area contributed by atoms with Crippen LogP contribution in [0.3, 0.4) is 0 Å². The van der Waals surface area contributed by atoms with Crippen LogP contribution in [0.1, 0.15) is 33.6 Å². The summed E-state index contributed by atoms with van der Waals surface area (Å²) in [5.41, 5.74) is 4.98. The third-order valence-corrected chi connectivity index (χ3v) is 5.30. The third kappa shape index (κ3) is 4.82. The molecular weight excluding hydrogens is 364 g/mol. The second-order valence-electron chi connectivity index (χ2n) is 6.15. The van der Waals surface area contributed by atoms with E-state index in [4.69, 9.17) is 5.73 Å². The maximum absolute atomic E-state index is 13.0. The predicted molar refractivity (Wildman–Crippen MR) is 110 cm³/mol. The SMILES string of the molecule is CCCCn1c(N)c(N(CC)C(=O)C(C)Sc2ccccc2)c(=O)[nH]c1=O. The number of hydrogen-bond donors (Lipinski definition) is 2. The van der Waals surface area contributed by atoms with Gasteiger partial charge in [0.2, 0.25) is 5.91 Å². The van der Waals surface area contributed by atoms with Crippen molar-refractivity contribution in [1.82, 2.24) is 9.55 Å². The maximum atomic E-state index is 13.0. The Morgan fingerprint density at radius 2 is 1.93 bits per heavy atom. The summed E-state index contributed by atoms with van der Waals surface area (Å²) < 4.78 is 1.32. The summed E-state index contributed by atoms with van der Waals surface area (Å²) in [6.07, 6.45) is 1.62. The lowest BCUT2D eigenvalue weighted by Crippen LogP contribution is -2.43. The first-order chi connectivity index (χ1) is 12.9. The highest BCUT2D eigenvalue weighted by atomic mass is 32.2. The van der Waals surface area contributed by atoms with Gasteiger partial charge in [-0.05, 0) is 32.4 Å². The monoisotopic (exact) mass is 390 g/mol. The summed E-state index contributed by atoms with van der Waals surface area (Å²) in [7, 11) is 0. The fourth-order valence-electron chi connectivity index (χ4n) is 2.77. The number of nitrogens with two attached hydrogens (primary N) is 1. The number of carbonyl (C=O) groups excluding carboxylic acids is 1. The first kappa shape index (κ1) is 20.8. The number of unbranched alkanes of at least 4 members (excludes halogenated alkanes) is 1. The van der Waals surface area contributed by atoms with Gasteiger partial charge in [0.15, 0.2) is 5.69 Å². The van der Waals surface area contributed by atoms with Crippen molar-refractivity contribution in [1.29, 1.82) is 0 Å². The molecule has 1 atom stereocenters. The number of nitrogen functional groups attached to an aromatic ring is 1. The van der Waals surface area contributed by atoms with Gasteiger partial charge in [-0.1, -0.05) is 31.5 Å². The number of nitrogens with zero attached hydrogens (tertiary/aromatic N) is 2. The second-order valence-corrected chi connectivity index (χ2v) is 7.57. The molecule has 8 heteroatoms. The van der Waals surface area contributed by atoms with E-state index in [1.165, 1.54) is 21.2 Å². The van der Waals surface area contributed by atoms with Crippen molar-refractivity contribution >= 4 is 29.2 Å². The zero-order chi connectivity index (χ0) is 20.0. The van der Waals surface area contributed by atoms with Crippen LogP contribution in [0.4, 0.5) is 11.5 Å². The molecule has 0 bridgehead atoms. The van der Waals surface area contributed by atoms with Gasteiger partial charge in [-0.3, -0.25) is 19.1 Å². The van der Waals surface area contributed by atoms with Gasteiger partial charge in [-0.2, -0.15) is 0 Å². The lowest BCUT2D eigenvalue weighted by Gasteiger charge is -2.25. The van der Waals surface area contributed by atoms with Crippen molar-refractivity contribution < 1.29 is 4.79 Å². The molecule has 1 amide bonds. The van der Waals surface area contributed by atoms with Crippen LogP contribution in [0.25, 0.3) is 0 Å². The largest absolute Gasteiger partial charge is 0.383 e. The van der Waals surface area contributed by atoms with E-state index >= 15 is 0 Å². The van der Waals surface area contributed by atoms with Crippen molar-refractivity contribution in [3.8, 4) is 0 Å². The van der Waals surface area contributed by atoms with E-state index in [0.29, 0.717) is 6.54 Å². The topological polar surface area (TPSA) is 101 Å². The molecule has 0 radical (unpaired) electrons. The molecule has 0 saturated heterocycles. The minimum Gasteiger partial charge on any atom is -0.383 e. The van der Waals surface area contributed by atoms with Crippen LogP contribution in [0, 0.1) is 0 Å². The molecule has 2 aromatic rings. The normalized spacial score (nSPS) is 12.0. The molecule has 0 aliphatic carbocycles. The van der Waals surface area contributed by atoms with Crippen LogP contribution < -0.4 is 21.9 Å². The van der Waals surface area contributed by atoms with E-state index in [-0.39, 0.29) is 24.0 Å². The van der Waals surface area contributed by atoms with Crippen LogP contribution in [0.2, 0.25) is 0 Å². The molecule has 2 rings (SSSR count). The van der Waals surface area contributed by atoms with E-state index < -0.39 is 16.5 Å². The van der Waals surface area contributed by atoms with Crippen LogP contribution >= 0.6 is 11.8 Å². The maximum Gasteiger partial charge on any atom is 0.330 e. The molecule has 7 nitrogen and oxygen atoms in total. The average molecular weight is 391 g/mol. The summed E-state index contributed by atoms with van der Waals surface area (Å²) in [5.74, 6) is -0.200. The quantitative estimate of drug-likeness (QED) is 0.674. The van der Waals surface area contributed by atoms with Crippen LogP contribution in [-0.4, -0.2) is 27.3 Å². The third-order valence-electron chi connectivity index (χ3n) is 4.21. The number of carbonyl (C=O) groups is 1. The lowest BCUT2D eigenvalue weighted by molar-refractivity contribution is -0.117. The number of H-pyrrole nitrogens is 1. The molecular formula is C19H26N4O3S. The summed E-state index contributed by atoms with van der Waals surface area (Å²) in [6, 6.07) is 9.58. The highest BCUT2D eigenvalue weighted by Crippen LogP contribution is 2.26. The van der Waals surface area contributed by atoms with Crippen molar-refractivity contribution in [2.75, 3.05) is 17.2 Å². The van der Waals surface area contributed by atoms with E-state index in [1.807, 2.05) is 37.3 Å². The molecule has 1 aromatic heterocycles. The number of thioether (sulfide) groups is 1. The molecule has 1 unspecified atom stereocenters. The fourth-order valence-corrected chi connectivity index (χ4v) is 3.72. The van der Waals surface area contributed by atoms with Gasteiger partial charge in [0.1, 0.15) is 5.82 Å². The van der Waals surface area contributed by atoms with Gasteiger partial charge in [0.05, 0.1) is 5.25 Å². The zero-order valence-electron chi connectivity index (χ0n) is 15.9. The minimum atomic E-state index is -0.641. The van der Waals surface area contributed by atoms with Crippen LogP contribution in [-0.2, 0) is 11.3 Å². The molecule has 0 fully saturated rings. The average Bonchev–Trinajstić information content (AvgIpc) is 2.65. The Bertz CT molecular complexity index is 892. The molecule has 0 aliphatic heterocycles. The van der Waals surface area contributed by atoms with Gasteiger partial charge < -0.3 is 10.6 Å². The van der Waals surface area contributed by atoms with E-state index in [2.05, 4.69) is 4.98 Å². The number of aromatic nitrogens is 2. The second kappa shape index (κ2) is 9.45. The van der Waals surface area contributed by atoms with Crippen molar-refractivity contribution in [2.24, 2.45) is 0 Å². The smallest absolute Gasteiger partial charge is 0.330 e. The summed E-state index contributed by atoms with van der Waals surface area (Å²) in [4.78, 5) is 42.1. The molecule has 0 spiro atoms. The van der Waals surface area contributed by atoms with Gasteiger partial charge in [0, 0.05) is 18.0 Å². The highest BCUT2D eigenvalue weighted by molar-refractivity contribution is 8.00. The standard InChI is InChI=1S/C19H26N4O3S/c1-4-6-12-23-16(20)15(17(24)21-19(23)26)22(5-2)18(25)13(3)27-14-10-8-7-9-11-14/h7-11,13H,4-6,12,20H2,1-3H3,(H,21,24,26). The molecule has 0 aliphatic rings. The van der Waals surface area contributed by atoms with Gasteiger partial charge in [-0.15, -0.1) is 11.8 Å². The molecule has 146 valence electrons. The zero-order valence-corrected chi connectivity index (χ0v) is 16.7. The fraction of sp³-hybridized carbons (Fsp3) is 0.421. The van der Waals surface area contributed by atoms with Gasteiger partial charge in [0.25, 0.3) is 5.56 Å². The first-order valence-corrected chi connectivity index (χ1v) is 9.94. The number of hydrogen-bond acceptors (Lipinski definition) is 5. The lowest BCUT2D eigenvalue weighted by atomic mass is 10.3. The molecule has 1 aromatic carbocycles. The van der Waals surface area contributed by atoms with Crippen molar-refractivity contribution in [3.05, 3.63) is 51.2 Å². The van der Waals surface area contributed by atoms with Gasteiger partial charge >= 0.3 is 5.69 Å². The Labute approximate surface area is 162 Å². The number of anilines is 2. The molecule has 0 saturated carbocycles. The van der Waals surface area contributed by atoms with Crippen LogP contribution in [0.5, 0.6) is 0 Å². The molecule has 1 heterocycles. The molecule has 3 N–H and O–H groups in total. The number of rotatable bonds is 8. The Hall–Kier alpha value is -2.48. The number of aromatic amines is 1. The summed E-state index contributed by atoms with van der Waals surface area (Å²) in [6.45, 7) is 6.24. The van der Waals surface area contributed by atoms with Crippen molar-refractivity contribution in [2.45, 2.75) is 50.3 Å². The Morgan fingerprint density at radius 3 is 2.52 bits per heavy atom. The summed E-state index contributed by atoms with van der Waals surface area (Å²) in [5, 5.41) is -0.415. The van der Waals surface area contributed by atoms with Gasteiger partial charge in [-0.25, -0.2) is 4.79 Å². The Kier molecular flexibility index (Phi) is 7.29. The molecule has 27 heavy (non-hydrogen) atoms. The highest BCUT2D eigenvalue weighted by Gasteiger charge is 2.27. The van der Waals surface area contributed by atoms with Crippen molar-refractivity contribution in [3.63, 3.8) is 0 Å². The Balaban J connectivity index is 2.37. The first-order valence-electron chi connectivity index (χ1n) is 9.06. The van der Waals surface area contributed by atoms with E-state index in [1.54, 1.807) is 13.8 Å². The Morgan fingerprint density at radius 1 is 1.26 bits per heavy atom. The number of benzene rings is 1. The van der Waals surface area contributed by atoms with Crippen LogP contribution in [0.15, 0.2) is 44.8 Å². The number of amides is 1. The van der Waals surface area contributed by atoms with E-state index in [9.17, 15) is 14.4 Å².